The van der Waals surface area contributed by atoms with Crippen LogP contribution in [0.1, 0.15) is 31.1 Å². The van der Waals surface area contributed by atoms with E-state index in [2.05, 4.69) is 9.97 Å². The first-order chi connectivity index (χ1) is 13.7. The number of nitrogens with one attached hydrogen (secondary N) is 1. The van der Waals surface area contributed by atoms with E-state index in [1.165, 1.54) is 4.57 Å². The topological polar surface area (TPSA) is 84.1 Å². The molecule has 3 heterocycles. The lowest BCUT2D eigenvalue weighted by Crippen LogP contribution is -2.32. The Bertz CT molecular complexity index is 1190. The van der Waals surface area contributed by atoms with Gasteiger partial charge in [-0.25, -0.2) is 9.78 Å². The number of nitrogens with zero attached hydrogens (tertiary/aromatic N) is 3. The van der Waals surface area contributed by atoms with Crippen molar-refractivity contribution in [3.8, 4) is 0 Å². The van der Waals surface area contributed by atoms with Gasteiger partial charge in [0.2, 0.25) is 5.91 Å². The molecule has 7 nitrogen and oxygen atoms in total. The summed E-state index contributed by atoms with van der Waals surface area (Å²) in [5, 5.41) is 0. The molecule has 1 aliphatic rings. The van der Waals surface area contributed by atoms with Gasteiger partial charge in [0.15, 0.2) is 5.58 Å². The molecular formula is C21H20N4O3. The van der Waals surface area contributed by atoms with Crippen LogP contribution >= 0.6 is 0 Å². The fourth-order valence-electron chi connectivity index (χ4n) is 4.06. The van der Waals surface area contributed by atoms with E-state index in [4.69, 9.17) is 4.42 Å². The van der Waals surface area contributed by atoms with Crippen LogP contribution in [0.3, 0.4) is 0 Å². The van der Waals surface area contributed by atoms with Crippen LogP contribution in [0, 0.1) is 0 Å². The molecule has 0 aliphatic carbocycles. The molecular weight excluding hydrogens is 356 g/mol. The van der Waals surface area contributed by atoms with Crippen LogP contribution in [0.25, 0.3) is 22.1 Å². The number of hydrogen-bond donors (Lipinski definition) is 1. The molecule has 28 heavy (non-hydrogen) atoms. The lowest BCUT2D eigenvalue weighted by atomic mass is 10.2. The molecule has 0 unspecified atom stereocenters. The molecule has 1 N–H and O–H groups in total. The van der Waals surface area contributed by atoms with Gasteiger partial charge in [-0.3, -0.25) is 9.36 Å². The minimum Gasteiger partial charge on any atom is -0.408 e. The summed E-state index contributed by atoms with van der Waals surface area (Å²) in [4.78, 5) is 34.9. The number of aromatic nitrogens is 3. The van der Waals surface area contributed by atoms with E-state index in [9.17, 15) is 9.59 Å². The van der Waals surface area contributed by atoms with Gasteiger partial charge >= 0.3 is 5.76 Å². The summed E-state index contributed by atoms with van der Waals surface area (Å²) in [7, 11) is 0. The number of hydrogen-bond acceptors (Lipinski definition) is 4. The van der Waals surface area contributed by atoms with Crippen molar-refractivity contribution >= 4 is 28.0 Å². The molecule has 1 fully saturated rings. The SMILES string of the molecule is O=C(CCn1c(=O)oc2ccccc21)N1CCC[C@@H]1c1nc2ccccc2[nH]1. The largest absolute Gasteiger partial charge is 0.419 e. The monoisotopic (exact) mass is 376 g/mol. The van der Waals surface area contributed by atoms with E-state index < -0.39 is 5.76 Å². The zero-order chi connectivity index (χ0) is 19.1. The van der Waals surface area contributed by atoms with E-state index in [1.807, 2.05) is 47.4 Å². The molecule has 0 radical (unpaired) electrons. The van der Waals surface area contributed by atoms with Crippen molar-refractivity contribution in [1.29, 1.82) is 0 Å². The van der Waals surface area contributed by atoms with Crippen molar-refractivity contribution in [2.45, 2.75) is 31.8 Å². The van der Waals surface area contributed by atoms with E-state index in [0.717, 1.165) is 35.2 Å². The van der Waals surface area contributed by atoms with Gasteiger partial charge < -0.3 is 14.3 Å². The van der Waals surface area contributed by atoms with Crippen molar-refractivity contribution in [3.05, 3.63) is 64.9 Å². The number of fused-ring (bicyclic) bond motifs is 2. The second kappa shape index (κ2) is 6.67. The number of imidazole rings is 1. The molecule has 0 bridgehead atoms. The van der Waals surface area contributed by atoms with Crippen LogP contribution in [0.2, 0.25) is 0 Å². The number of benzene rings is 2. The Morgan fingerprint density at radius 1 is 1.18 bits per heavy atom. The summed E-state index contributed by atoms with van der Waals surface area (Å²) in [6, 6.07) is 15.1. The number of para-hydroxylation sites is 4. The van der Waals surface area contributed by atoms with Crippen molar-refractivity contribution in [2.24, 2.45) is 0 Å². The van der Waals surface area contributed by atoms with Gasteiger partial charge in [0.25, 0.3) is 0 Å². The lowest BCUT2D eigenvalue weighted by Gasteiger charge is -2.23. The highest BCUT2D eigenvalue weighted by Crippen LogP contribution is 2.32. The summed E-state index contributed by atoms with van der Waals surface area (Å²) in [6.07, 6.45) is 2.09. The number of rotatable bonds is 4. The quantitative estimate of drug-likeness (QED) is 0.593. The fourth-order valence-corrected chi connectivity index (χ4v) is 4.06. The maximum atomic E-state index is 12.9. The molecule has 4 aromatic rings. The molecule has 2 aromatic carbocycles. The first-order valence-corrected chi connectivity index (χ1v) is 9.53. The van der Waals surface area contributed by atoms with Crippen LogP contribution in [-0.2, 0) is 11.3 Å². The highest BCUT2D eigenvalue weighted by molar-refractivity contribution is 5.78. The van der Waals surface area contributed by atoms with Crippen LogP contribution in [-0.4, -0.2) is 31.9 Å². The Balaban J connectivity index is 1.35. The molecule has 0 spiro atoms. The zero-order valence-corrected chi connectivity index (χ0v) is 15.3. The van der Waals surface area contributed by atoms with E-state index in [1.54, 1.807) is 6.07 Å². The Morgan fingerprint density at radius 2 is 2.00 bits per heavy atom. The third-order valence-electron chi connectivity index (χ3n) is 5.42. The van der Waals surface area contributed by atoms with Gasteiger partial charge in [-0.15, -0.1) is 0 Å². The molecule has 1 saturated heterocycles. The third-order valence-corrected chi connectivity index (χ3v) is 5.42. The smallest absolute Gasteiger partial charge is 0.408 e. The number of carbonyl (C=O) groups is 1. The number of aryl methyl sites for hydroxylation is 1. The Hall–Kier alpha value is -3.35. The zero-order valence-electron chi connectivity index (χ0n) is 15.3. The summed E-state index contributed by atoms with van der Waals surface area (Å²) >= 11 is 0. The number of amides is 1. The molecule has 5 rings (SSSR count). The first-order valence-electron chi connectivity index (χ1n) is 9.53. The van der Waals surface area contributed by atoms with Gasteiger partial charge in [0, 0.05) is 19.5 Å². The summed E-state index contributed by atoms with van der Waals surface area (Å²) < 4.78 is 6.78. The Morgan fingerprint density at radius 3 is 2.89 bits per heavy atom. The normalized spacial score (nSPS) is 17.0. The summed E-state index contributed by atoms with van der Waals surface area (Å²) in [5.41, 5.74) is 3.15. The van der Waals surface area contributed by atoms with Crippen molar-refractivity contribution < 1.29 is 9.21 Å². The second-order valence-corrected chi connectivity index (χ2v) is 7.12. The minimum atomic E-state index is -0.427. The number of oxazole rings is 1. The highest BCUT2D eigenvalue weighted by atomic mass is 16.4. The van der Waals surface area contributed by atoms with Crippen molar-refractivity contribution in [2.75, 3.05) is 6.54 Å². The van der Waals surface area contributed by atoms with Gasteiger partial charge in [-0.05, 0) is 37.1 Å². The van der Waals surface area contributed by atoms with Crippen molar-refractivity contribution in [1.82, 2.24) is 19.4 Å². The van der Waals surface area contributed by atoms with Gasteiger partial charge in [-0.2, -0.15) is 0 Å². The van der Waals surface area contributed by atoms with E-state index in [0.29, 0.717) is 18.7 Å². The van der Waals surface area contributed by atoms with Crippen LogP contribution in [0.5, 0.6) is 0 Å². The Labute approximate surface area is 160 Å². The van der Waals surface area contributed by atoms with Gasteiger partial charge in [-0.1, -0.05) is 24.3 Å². The molecule has 0 saturated carbocycles. The van der Waals surface area contributed by atoms with Crippen LogP contribution in [0.15, 0.2) is 57.7 Å². The molecule has 2 aromatic heterocycles. The maximum Gasteiger partial charge on any atom is 0.419 e. The second-order valence-electron chi connectivity index (χ2n) is 7.12. The van der Waals surface area contributed by atoms with Crippen LogP contribution < -0.4 is 5.76 Å². The molecule has 7 heteroatoms. The average molecular weight is 376 g/mol. The van der Waals surface area contributed by atoms with Crippen LogP contribution in [0.4, 0.5) is 0 Å². The number of H-pyrrole nitrogens is 1. The van der Waals surface area contributed by atoms with Crippen molar-refractivity contribution in [3.63, 3.8) is 0 Å². The minimum absolute atomic E-state index is 0.0279. The fraction of sp³-hybridized carbons (Fsp3) is 0.286. The average Bonchev–Trinajstić information content (AvgIpc) is 3.42. The lowest BCUT2D eigenvalue weighted by molar-refractivity contribution is -0.132. The van der Waals surface area contributed by atoms with E-state index in [-0.39, 0.29) is 18.4 Å². The number of aromatic amines is 1. The number of carbonyl (C=O) groups excluding carboxylic acids is 1. The van der Waals surface area contributed by atoms with Gasteiger partial charge in [0.1, 0.15) is 5.82 Å². The highest BCUT2D eigenvalue weighted by Gasteiger charge is 2.32. The Kier molecular flexibility index (Phi) is 4.00. The molecule has 1 atom stereocenters. The van der Waals surface area contributed by atoms with Gasteiger partial charge in [0.05, 0.1) is 22.6 Å². The molecule has 1 aliphatic heterocycles. The summed E-state index contributed by atoms with van der Waals surface area (Å²) in [5.74, 6) is 0.433. The predicted molar refractivity (Wildman–Crippen MR) is 105 cm³/mol. The first kappa shape index (κ1) is 16.8. The molecule has 142 valence electrons. The molecule has 1 amide bonds. The standard InChI is InChI=1S/C21H20N4O3/c26-19(11-13-25-16-8-3-4-10-18(16)28-21(25)27)24-12-5-9-17(24)20-22-14-6-1-2-7-15(14)23-20/h1-4,6-8,10,17H,5,9,11-13H2,(H,22,23)/t17-/m1/s1. The predicted octanol–water partition coefficient (Wildman–Crippen LogP) is 3.22. The third kappa shape index (κ3) is 2.79. The number of likely N-dealkylation sites (tertiary alicyclic amines) is 1. The van der Waals surface area contributed by atoms with E-state index >= 15 is 0 Å². The maximum absolute atomic E-state index is 12.9. The summed E-state index contributed by atoms with van der Waals surface area (Å²) in [6.45, 7) is 1.01.